The fourth-order valence-electron chi connectivity index (χ4n) is 3.74. The molecule has 1 aromatic heterocycles. The van der Waals surface area contributed by atoms with Crippen molar-refractivity contribution in [1.29, 1.82) is 0 Å². The summed E-state index contributed by atoms with van der Waals surface area (Å²) in [5, 5.41) is 4.28. The van der Waals surface area contributed by atoms with Crippen LogP contribution < -0.4 is 14.2 Å². The normalized spacial score (nSPS) is 18.4. The van der Waals surface area contributed by atoms with Crippen molar-refractivity contribution in [3.05, 3.63) is 35.2 Å². The smallest absolute Gasteiger partial charge is 0.203 e. The molecule has 0 radical (unpaired) electrons. The third-order valence-electron chi connectivity index (χ3n) is 5.01. The molecule has 3 rings (SSSR count). The predicted molar refractivity (Wildman–Crippen MR) is 99.0 cm³/mol. The van der Waals surface area contributed by atoms with E-state index in [4.69, 9.17) is 18.7 Å². The highest BCUT2D eigenvalue weighted by Gasteiger charge is 2.27. The molecule has 1 aliphatic rings. The first-order valence-electron chi connectivity index (χ1n) is 9.13. The number of methoxy groups -OCH3 is 3. The van der Waals surface area contributed by atoms with Crippen LogP contribution >= 0.6 is 0 Å². The van der Waals surface area contributed by atoms with Gasteiger partial charge in [0.25, 0.3) is 0 Å². The molecule has 26 heavy (non-hydrogen) atoms. The second-order valence-corrected chi connectivity index (χ2v) is 6.69. The second-order valence-electron chi connectivity index (χ2n) is 6.69. The average Bonchev–Trinajstić information content (AvgIpc) is 2.95. The van der Waals surface area contributed by atoms with Gasteiger partial charge in [0.05, 0.1) is 27.4 Å². The lowest BCUT2D eigenvalue weighted by Gasteiger charge is -2.29. The van der Waals surface area contributed by atoms with Crippen molar-refractivity contribution in [1.82, 2.24) is 10.1 Å². The van der Waals surface area contributed by atoms with Gasteiger partial charge in [-0.15, -0.1) is 0 Å². The predicted octanol–water partition coefficient (Wildman–Crippen LogP) is 4.13. The molecule has 0 saturated carbocycles. The summed E-state index contributed by atoms with van der Waals surface area (Å²) in [6, 6.07) is 6.29. The molecule has 0 amide bonds. The highest BCUT2D eigenvalue weighted by Crippen LogP contribution is 2.41. The summed E-state index contributed by atoms with van der Waals surface area (Å²) in [6.45, 7) is 3.73. The Balaban J connectivity index is 1.92. The molecule has 1 atom stereocenters. The molecule has 0 spiro atoms. The Morgan fingerprint density at radius 3 is 2.54 bits per heavy atom. The van der Waals surface area contributed by atoms with E-state index in [2.05, 4.69) is 22.2 Å². The fraction of sp³-hybridized carbons (Fsp3) is 0.550. The molecule has 0 N–H and O–H groups in total. The number of nitrogens with zero attached hydrogens (tertiary/aromatic N) is 2. The minimum absolute atomic E-state index is 0.257. The van der Waals surface area contributed by atoms with Gasteiger partial charge in [-0.2, -0.15) is 0 Å². The molecule has 142 valence electrons. The van der Waals surface area contributed by atoms with E-state index in [9.17, 15) is 0 Å². The first kappa shape index (κ1) is 18.6. The summed E-state index contributed by atoms with van der Waals surface area (Å²) in [6.07, 6.45) is 4.72. The maximum atomic E-state index is 5.66. The van der Waals surface area contributed by atoms with E-state index in [1.807, 2.05) is 13.0 Å². The van der Waals surface area contributed by atoms with Gasteiger partial charge >= 0.3 is 0 Å². The van der Waals surface area contributed by atoms with Crippen LogP contribution in [-0.2, 0) is 6.54 Å². The van der Waals surface area contributed by atoms with Gasteiger partial charge in [-0.05, 0) is 32.4 Å². The molecule has 6 heteroatoms. The van der Waals surface area contributed by atoms with Crippen LogP contribution in [0.15, 0.2) is 22.7 Å². The molecule has 0 bridgehead atoms. The lowest BCUT2D eigenvalue weighted by atomic mass is 10.0. The SMILES string of the molecule is COc1ccc(CN2CCCCC[C@H]2c2cc(C)on2)c(OC)c1OC. The quantitative estimate of drug-likeness (QED) is 0.772. The number of rotatable bonds is 6. The number of hydrogen-bond acceptors (Lipinski definition) is 6. The maximum absolute atomic E-state index is 5.66. The summed E-state index contributed by atoms with van der Waals surface area (Å²) < 4.78 is 21.9. The van der Waals surface area contributed by atoms with Crippen LogP contribution in [0.1, 0.15) is 48.7 Å². The number of hydrogen-bond donors (Lipinski definition) is 0. The monoisotopic (exact) mass is 360 g/mol. The van der Waals surface area contributed by atoms with Crippen molar-refractivity contribution >= 4 is 0 Å². The molecular weight excluding hydrogens is 332 g/mol. The molecular formula is C20H28N2O4. The molecule has 0 aliphatic carbocycles. The number of aryl methyl sites for hydroxylation is 1. The van der Waals surface area contributed by atoms with Crippen molar-refractivity contribution in [2.45, 2.75) is 45.2 Å². The van der Waals surface area contributed by atoms with Gasteiger partial charge in [0.2, 0.25) is 5.75 Å². The third kappa shape index (κ3) is 3.80. The summed E-state index contributed by atoms with van der Waals surface area (Å²) in [5.41, 5.74) is 2.10. The van der Waals surface area contributed by atoms with E-state index in [0.717, 1.165) is 42.3 Å². The zero-order valence-electron chi connectivity index (χ0n) is 16.1. The molecule has 6 nitrogen and oxygen atoms in total. The summed E-state index contributed by atoms with van der Waals surface area (Å²) in [4.78, 5) is 2.47. The van der Waals surface area contributed by atoms with Gasteiger partial charge in [-0.1, -0.05) is 24.1 Å². The van der Waals surface area contributed by atoms with E-state index in [-0.39, 0.29) is 6.04 Å². The molecule has 2 heterocycles. The fourth-order valence-corrected chi connectivity index (χ4v) is 3.74. The van der Waals surface area contributed by atoms with E-state index in [1.54, 1.807) is 21.3 Å². The Hall–Kier alpha value is -2.21. The zero-order chi connectivity index (χ0) is 18.5. The Morgan fingerprint density at radius 2 is 1.88 bits per heavy atom. The van der Waals surface area contributed by atoms with Crippen molar-refractivity contribution in [3.8, 4) is 17.2 Å². The van der Waals surface area contributed by atoms with Crippen LogP contribution in [0.3, 0.4) is 0 Å². The number of benzene rings is 1. The van der Waals surface area contributed by atoms with E-state index in [0.29, 0.717) is 11.5 Å². The van der Waals surface area contributed by atoms with Gasteiger partial charge in [-0.25, -0.2) is 0 Å². The highest BCUT2D eigenvalue weighted by molar-refractivity contribution is 5.55. The summed E-state index contributed by atoms with van der Waals surface area (Å²) >= 11 is 0. The molecule has 1 fully saturated rings. The molecule has 2 aromatic rings. The largest absolute Gasteiger partial charge is 0.493 e. The second kappa shape index (κ2) is 8.45. The molecule has 1 aliphatic heterocycles. The third-order valence-corrected chi connectivity index (χ3v) is 5.01. The van der Waals surface area contributed by atoms with Crippen LogP contribution in [0.4, 0.5) is 0 Å². The van der Waals surface area contributed by atoms with E-state index < -0.39 is 0 Å². The minimum atomic E-state index is 0.257. The van der Waals surface area contributed by atoms with Crippen LogP contribution in [-0.4, -0.2) is 37.9 Å². The maximum Gasteiger partial charge on any atom is 0.203 e. The number of likely N-dealkylation sites (tertiary alicyclic amines) is 1. The van der Waals surface area contributed by atoms with E-state index >= 15 is 0 Å². The molecule has 1 aromatic carbocycles. The van der Waals surface area contributed by atoms with Gasteiger partial charge < -0.3 is 18.7 Å². The lowest BCUT2D eigenvalue weighted by molar-refractivity contribution is 0.181. The van der Waals surface area contributed by atoms with E-state index in [1.165, 1.54) is 19.3 Å². The standard InChI is InChI=1S/C20H28N2O4/c1-14-12-16(21-26-14)17-8-6-5-7-11-22(17)13-15-9-10-18(23-2)20(25-4)19(15)24-3/h9-10,12,17H,5-8,11,13H2,1-4H3/t17-/m0/s1. The minimum Gasteiger partial charge on any atom is -0.493 e. The highest BCUT2D eigenvalue weighted by atomic mass is 16.5. The van der Waals surface area contributed by atoms with Crippen LogP contribution in [0.5, 0.6) is 17.2 Å². The Morgan fingerprint density at radius 1 is 1.08 bits per heavy atom. The van der Waals surface area contributed by atoms with Gasteiger partial charge in [0.1, 0.15) is 11.5 Å². The summed E-state index contributed by atoms with van der Waals surface area (Å²) in [7, 11) is 4.94. The topological polar surface area (TPSA) is 57.0 Å². The van der Waals surface area contributed by atoms with Crippen LogP contribution in [0, 0.1) is 6.92 Å². The Kier molecular flexibility index (Phi) is 6.04. The van der Waals surface area contributed by atoms with Crippen molar-refractivity contribution in [3.63, 3.8) is 0 Å². The first-order chi connectivity index (χ1) is 12.7. The molecule has 1 saturated heterocycles. The Labute approximate surface area is 155 Å². The summed E-state index contributed by atoms with van der Waals surface area (Å²) in [5.74, 6) is 2.89. The molecule has 0 unspecified atom stereocenters. The van der Waals surface area contributed by atoms with Gasteiger partial charge in [-0.3, -0.25) is 4.90 Å². The van der Waals surface area contributed by atoms with Crippen molar-refractivity contribution in [2.75, 3.05) is 27.9 Å². The van der Waals surface area contributed by atoms with Crippen LogP contribution in [0.25, 0.3) is 0 Å². The van der Waals surface area contributed by atoms with Crippen molar-refractivity contribution in [2.24, 2.45) is 0 Å². The first-order valence-corrected chi connectivity index (χ1v) is 9.13. The number of ether oxygens (including phenoxy) is 3. The van der Waals surface area contributed by atoms with Crippen molar-refractivity contribution < 1.29 is 18.7 Å². The lowest BCUT2D eigenvalue weighted by Crippen LogP contribution is -2.28. The number of aromatic nitrogens is 1. The average molecular weight is 360 g/mol. The van der Waals surface area contributed by atoms with Gasteiger partial charge in [0.15, 0.2) is 11.5 Å². The van der Waals surface area contributed by atoms with Gasteiger partial charge in [0, 0.05) is 18.2 Å². The Bertz CT molecular complexity index is 729. The zero-order valence-corrected chi connectivity index (χ0v) is 16.1. The van der Waals surface area contributed by atoms with Crippen LogP contribution in [0.2, 0.25) is 0 Å².